The molecule has 2 aromatic rings. The lowest BCUT2D eigenvalue weighted by atomic mass is 9.87. The molecule has 1 aliphatic rings. The van der Waals surface area contributed by atoms with E-state index in [0.29, 0.717) is 30.8 Å². The number of guanidine groups is 1. The average Bonchev–Trinajstić information content (AvgIpc) is 2.98. The number of hydrogen-bond acceptors (Lipinski definition) is 5. The van der Waals surface area contributed by atoms with Gasteiger partial charge in [-0.25, -0.2) is 4.98 Å². The van der Waals surface area contributed by atoms with Crippen LogP contribution in [0.15, 0.2) is 24.3 Å². The Morgan fingerprint density at radius 2 is 2.08 bits per heavy atom. The molecule has 0 bridgehead atoms. The van der Waals surface area contributed by atoms with Crippen molar-refractivity contribution in [2.75, 3.05) is 6.54 Å². The Morgan fingerprint density at radius 3 is 2.75 bits per heavy atom. The second kappa shape index (κ2) is 6.56. The minimum atomic E-state index is -0.621. The molecular formula is C16H19N5O2S. The number of carbonyl (C=O) groups excluding carboxylic acids is 2. The Kier molecular flexibility index (Phi) is 4.48. The molecule has 2 atom stereocenters. The van der Waals surface area contributed by atoms with Gasteiger partial charge in [-0.15, -0.1) is 11.3 Å². The van der Waals surface area contributed by atoms with Crippen molar-refractivity contribution in [3.63, 3.8) is 0 Å². The molecule has 3 rings (SSSR count). The fraction of sp³-hybridized carbons (Fsp3) is 0.375. The van der Waals surface area contributed by atoms with Crippen LogP contribution in [0.3, 0.4) is 0 Å². The fourth-order valence-electron chi connectivity index (χ4n) is 3.12. The van der Waals surface area contributed by atoms with E-state index in [9.17, 15) is 9.59 Å². The van der Waals surface area contributed by atoms with E-state index in [1.807, 2.05) is 24.3 Å². The third-order valence-electron chi connectivity index (χ3n) is 4.36. The summed E-state index contributed by atoms with van der Waals surface area (Å²) in [6.07, 6.45) is 1.46. The number of piperidine rings is 1. The number of carbonyl (C=O) groups is 2. The molecule has 1 fully saturated rings. The van der Waals surface area contributed by atoms with E-state index in [1.165, 1.54) is 16.2 Å². The molecule has 24 heavy (non-hydrogen) atoms. The lowest BCUT2D eigenvalue weighted by Crippen LogP contribution is -2.54. The molecule has 0 saturated carbocycles. The lowest BCUT2D eigenvalue weighted by molar-refractivity contribution is -0.123. The number of nitrogens with zero attached hydrogens (tertiary/aromatic N) is 2. The number of amides is 1. The zero-order valence-corrected chi connectivity index (χ0v) is 13.9. The van der Waals surface area contributed by atoms with Crippen LogP contribution in [0.2, 0.25) is 0 Å². The van der Waals surface area contributed by atoms with Crippen LogP contribution in [0, 0.1) is 11.3 Å². The van der Waals surface area contributed by atoms with Gasteiger partial charge in [-0.3, -0.25) is 15.0 Å². The number of likely N-dealkylation sites (tertiary alicyclic amines) is 1. The smallest absolute Gasteiger partial charge is 0.240 e. The zero-order valence-electron chi connectivity index (χ0n) is 13.1. The minimum Gasteiger partial charge on any atom is -0.370 e. The van der Waals surface area contributed by atoms with Crippen molar-refractivity contribution in [3.8, 4) is 0 Å². The molecule has 1 aromatic carbocycles. The molecule has 1 aliphatic heterocycles. The highest BCUT2D eigenvalue weighted by Crippen LogP contribution is 2.29. The Bertz CT molecular complexity index is 770. The Morgan fingerprint density at radius 1 is 1.33 bits per heavy atom. The van der Waals surface area contributed by atoms with Crippen molar-refractivity contribution in [1.29, 1.82) is 5.41 Å². The van der Waals surface area contributed by atoms with Gasteiger partial charge in [0.15, 0.2) is 16.8 Å². The van der Waals surface area contributed by atoms with Crippen LogP contribution < -0.4 is 11.5 Å². The van der Waals surface area contributed by atoms with Gasteiger partial charge in [0.25, 0.3) is 0 Å². The highest BCUT2D eigenvalue weighted by molar-refractivity contribution is 7.20. The summed E-state index contributed by atoms with van der Waals surface area (Å²) in [4.78, 5) is 30.0. The SMILES string of the molecule is N=C(N)N1CCC(CC(=O)c2nc3ccccc3s2)CC1C(N)=O. The van der Waals surface area contributed by atoms with Crippen LogP contribution in [0.4, 0.5) is 0 Å². The first-order chi connectivity index (χ1) is 11.5. The molecule has 0 spiro atoms. The minimum absolute atomic E-state index is 0.0132. The predicted octanol–water partition coefficient (Wildman–Crippen LogP) is 1.33. The van der Waals surface area contributed by atoms with Crippen LogP contribution in [0.1, 0.15) is 29.1 Å². The molecule has 0 aliphatic carbocycles. The van der Waals surface area contributed by atoms with Crippen LogP contribution in [0.25, 0.3) is 10.2 Å². The molecule has 5 N–H and O–H groups in total. The third kappa shape index (κ3) is 3.23. The molecule has 2 heterocycles. The summed E-state index contributed by atoms with van der Waals surface area (Å²) in [5, 5.41) is 8.04. The summed E-state index contributed by atoms with van der Waals surface area (Å²) in [5.41, 5.74) is 11.8. The number of fused-ring (bicyclic) bond motifs is 1. The first-order valence-electron chi connectivity index (χ1n) is 7.74. The molecule has 0 radical (unpaired) electrons. The maximum atomic E-state index is 12.5. The largest absolute Gasteiger partial charge is 0.370 e. The predicted molar refractivity (Wildman–Crippen MR) is 92.9 cm³/mol. The van der Waals surface area contributed by atoms with Crippen molar-refractivity contribution in [2.45, 2.75) is 25.3 Å². The molecule has 1 saturated heterocycles. The van der Waals surface area contributed by atoms with Gasteiger partial charge in [0.1, 0.15) is 6.04 Å². The molecular weight excluding hydrogens is 326 g/mol. The van der Waals surface area contributed by atoms with E-state index in [1.54, 1.807) is 0 Å². The topological polar surface area (TPSA) is 126 Å². The number of nitrogens with one attached hydrogen (secondary N) is 1. The lowest BCUT2D eigenvalue weighted by Gasteiger charge is -2.37. The van der Waals surface area contributed by atoms with Crippen LogP contribution in [-0.2, 0) is 4.79 Å². The van der Waals surface area contributed by atoms with Crippen LogP contribution >= 0.6 is 11.3 Å². The average molecular weight is 345 g/mol. The molecule has 7 nitrogen and oxygen atoms in total. The van der Waals surface area contributed by atoms with Gasteiger partial charge >= 0.3 is 0 Å². The van der Waals surface area contributed by atoms with Crippen molar-refractivity contribution >= 4 is 39.2 Å². The molecule has 1 amide bonds. The van der Waals surface area contributed by atoms with Gasteiger partial charge in [-0.1, -0.05) is 12.1 Å². The summed E-state index contributed by atoms with van der Waals surface area (Å²) in [7, 11) is 0. The number of primary amides is 1. The van der Waals surface area contributed by atoms with Crippen molar-refractivity contribution in [3.05, 3.63) is 29.3 Å². The third-order valence-corrected chi connectivity index (χ3v) is 5.43. The highest BCUT2D eigenvalue weighted by atomic mass is 32.1. The van der Waals surface area contributed by atoms with Crippen LogP contribution in [-0.4, -0.2) is 40.1 Å². The van der Waals surface area contributed by atoms with Gasteiger partial charge in [0.05, 0.1) is 10.2 Å². The van der Waals surface area contributed by atoms with Crippen LogP contribution in [0.5, 0.6) is 0 Å². The molecule has 8 heteroatoms. The van der Waals surface area contributed by atoms with E-state index in [4.69, 9.17) is 16.9 Å². The number of hydrogen-bond donors (Lipinski definition) is 3. The van der Waals surface area contributed by atoms with E-state index >= 15 is 0 Å². The van der Waals surface area contributed by atoms with Gasteiger partial charge in [0, 0.05) is 13.0 Å². The Labute approximate surface area is 143 Å². The number of aromatic nitrogens is 1. The number of ketones is 1. The Balaban J connectivity index is 1.70. The summed E-state index contributed by atoms with van der Waals surface area (Å²) in [5.74, 6) is -0.643. The van der Waals surface area contributed by atoms with Gasteiger partial charge in [-0.05, 0) is 30.9 Å². The number of para-hydroxylation sites is 1. The summed E-state index contributed by atoms with van der Waals surface area (Å²) >= 11 is 1.39. The number of benzene rings is 1. The Hall–Kier alpha value is -2.48. The maximum absolute atomic E-state index is 12.5. The molecule has 126 valence electrons. The first kappa shape index (κ1) is 16.4. The monoisotopic (exact) mass is 345 g/mol. The highest BCUT2D eigenvalue weighted by Gasteiger charge is 2.34. The van der Waals surface area contributed by atoms with Crippen molar-refractivity contribution < 1.29 is 9.59 Å². The number of thiazole rings is 1. The van der Waals surface area contributed by atoms with E-state index < -0.39 is 11.9 Å². The standard InChI is InChI=1S/C16H19N5O2S/c17-14(23)11-7-9(5-6-21(11)16(18)19)8-12(22)15-20-10-3-1-2-4-13(10)24-15/h1-4,9,11H,5-8H2,(H2,17,23)(H3,18,19). The summed E-state index contributed by atoms with van der Waals surface area (Å²) in [6, 6.07) is 7.02. The van der Waals surface area contributed by atoms with E-state index in [-0.39, 0.29) is 17.7 Å². The number of nitrogens with two attached hydrogens (primary N) is 2. The summed E-state index contributed by atoms with van der Waals surface area (Å²) in [6.45, 7) is 0.459. The van der Waals surface area contributed by atoms with Crippen molar-refractivity contribution in [1.82, 2.24) is 9.88 Å². The normalized spacial score (nSPS) is 20.9. The van der Waals surface area contributed by atoms with E-state index in [2.05, 4.69) is 4.98 Å². The quantitative estimate of drug-likeness (QED) is 0.438. The van der Waals surface area contributed by atoms with Gasteiger partial charge in [-0.2, -0.15) is 0 Å². The van der Waals surface area contributed by atoms with Crippen molar-refractivity contribution in [2.24, 2.45) is 17.4 Å². The summed E-state index contributed by atoms with van der Waals surface area (Å²) < 4.78 is 0.988. The van der Waals surface area contributed by atoms with E-state index in [0.717, 1.165) is 10.2 Å². The number of Topliss-reactive ketones (excluding diaryl/α,β-unsaturated/α-hetero) is 1. The van der Waals surface area contributed by atoms with Gasteiger partial charge in [0.2, 0.25) is 5.91 Å². The maximum Gasteiger partial charge on any atom is 0.240 e. The zero-order chi connectivity index (χ0) is 17.3. The number of rotatable bonds is 4. The van der Waals surface area contributed by atoms with Gasteiger partial charge < -0.3 is 16.4 Å². The second-order valence-electron chi connectivity index (χ2n) is 6.00. The second-order valence-corrected chi connectivity index (χ2v) is 7.03. The fourth-order valence-corrected chi connectivity index (χ4v) is 4.04. The first-order valence-corrected chi connectivity index (χ1v) is 8.56. The molecule has 1 aromatic heterocycles. The molecule has 2 unspecified atom stereocenters.